The van der Waals surface area contributed by atoms with Gasteiger partial charge in [-0.05, 0) is 48.9 Å². The normalized spacial score (nSPS) is 13.9. The van der Waals surface area contributed by atoms with Gasteiger partial charge in [0.1, 0.15) is 0 Å². The Kier molecular flexibility index (Phi) is 2.91. The molecule has 0 unspecified atom stereocenters. The summed E-state index contributed by atoms with van der Waals surface area (Å²) in [6.07, 6.45) is 4.66. The van der Waals surface area contributed by atoms with E-state index < -0.39 is 5.97 Å². The van der Waals surface area contributed by atoms with Gasteiger partial charge in [0.05, 0.1) is 0 Å². The van der Waals surface area contributed by atoms with Crippen molar-refractivity contribution in [3.05, 3.63) is 35.0 Å². The summed E-state index contributed by atoms with van der Waals surface area (Å²) in [6, 6.07) is 6.11. The number of nitrogens with zero attached hydrogens (tertiary/aromatic N) is 2. The smallest absolute Gasteiger partial charge is 0.360 e. The van der Waals surface area contributed by atoms with Crippen molar-refractivity contribution in [2.45, 2.75) is 25.7 Å². The highest BCUT2D eigenvalue weighted by Crippen LogP contribution is 2.26. The summed E-state index contributed by atoms with van der Waals surface area (Å²) in [4.78, 5) is 10.9. The van der Waals surface area contributed by atoms with Crippen LogP contribution in [-0.2, 0) is 12.8 Å². The lowest BCUT2D eigenvalue weighted by atomic mass is 9.91. The van der Waals surface area contributed by atoms with Crippen molar-refractivity contribution in [2.75, 3.05) is 5.32 Å². The van der Waals surface area contributed by atoms with Crippen LogP contribution in [0.15, 0.2) is 18.2 Å². The molecular formula is C13H14N4O2. The number of rotatable bonds is 3. The number of carbonyl (C=O) groups is 1. The highest BCUT2D eigenvalue weighted by atomic mass is 16.4. The predicted molar refractivity (Wildman–Crippen MR) is 69.7 cm³/mol. The second kappa shape index (κ2) is 4.72. The monoisotopic (exact) mass is 258 g/mol. The highest BCUT2D eigenvalue weighted by molar-refractivity contribution is 5.91. The first-order valence-electron chi connectivity index (χ1n) is 6.27. The summed E-state index contributed by atoms with van der Waals surface area (Å²) in [5.41, 5.74) is 3.46. The maximum absolute atomic E-state index is 10.9. The molecule has 98 valence electrons. The van der Waals surface area contributed by atoms with Crippen LogP contribution < -0.4 is 5.32 Å². The molecule has 6 nitrogen and oxygen atoms in total. The van der Waals surface area contributed by atoms with Crippen LogP contribution >= 0.6 is 0 Å². The highest BCUT2D eigenvalue weighted by Gasteiger charge is 2.16. The van der Waals surface area contributed by atoms with E-state index in [9.17, 15) is 4.79 Å². The number of aryl methyl sites for hydroxylation is 2. The zero-order valence-electron chi connectivity index (χ0n) is 10.3. The third-order valence-corrected chi connectivity index (χ3v) is 3.36. The fraction of sp³-hybridized carbons (Fsp3) is 0.308. The summed E-state index contributed by atoms with van der Waals surface area (Å²) < 4.78 is 0. The minimum absolute atomic E-state index is 0.0993. The van der Waals surface area contributed by atoms with Gasteiger partial charge < -0.3 is 10.4 Å². The van der Waals surface area contributed by atoms with Gasteiger partial charge in [-0.1, -0.05) is 6.07 Å². The molecule has 1 aromatic heterocycles. The van der Waals surface area contributed by atoms with Crippen LogP contribution in [0.4, 0.5) is 11.5 Å². The Labute approximate surface area is 109 Å². The molecule has 0 bridgehead atoms. The van der Waals surface area contributed by atoms with Crippen LogP contribution in [0, 0.1) is 0 Å². The van der Waals surface area contributed by atoms with Gasteiger partial charge in [0.2, 0.25) is 5.69 Å². The summed E-state index contributed by atoms with van der Waals surface area (Å²) in [5, 5.41) is 21.7. The van der Waals surface area contributed by atoms with Crippen LogP contribution in [0.1, 0.15) is 34.5 Å². The van der Waals surface area contributed by atoms with Gasteiger partial charge in [-0.15, -0.1) is 10.2 Å². The van der Waals surface area contributed by atoms with E-state index in [2.05, 4.69) is 32.9 Å². The molecule has 0 fully saturated rings. The largest absolute Gasteiger partial charge is 0.476 e. The molecule has 0 amide bonds. The van der Waals surface area contributed by atoms with Gasteiger partial charge in [-0.3, -0.25) is 0 Å². The molecule has 0 saturated heterocycles. The zero-order chi connectivity index (χ0) is 13.2. The Morgan fingerprint density at radius 2 is 2.00 bits per heavy atom. The van der Waals surface area contributed by atoms with Crippen LogP contribution in [0.2, 0.25) is 0 Å². The molecule has 3 N–H and O–H groups in total. The van der Waals surface area contributed by atoms with E-state index in [1.807, 2.05) is 6.07 Å². The van der Waals surface area contributed by atoms with Crippen LogP contribution in [0.25, 0.3) is 0 Å². The molecule has 1 heterocycles. The first-order valence-corrected chi connectivity index (χ1v) is 6.27. The van der Waals surface area contributed by atoms with Crippen molar-refractivity contribution in [1.29, 1.82) is 0 Å². The second-order valence-electron chi connectivity index (χ2n) is 4.64. The molecule has 0 aliphatic heterocycles. The number of hydrogen-bond acceptors (Lipinski definition) is 4. The van der Waals surface area contributed by atoms with E-state index in [1.165, 1.54) is 24.0 Å². The Hall–Kier alpha value is -2.37. The average Bonchev–Trinajstić information content (AvgIpc) is 2.87. The van der Waals surface area contributed by atoms with Crippen LogP contribution in [0.3, 0.4) is 0 Å². The number of nitrogens with one attached hydrogen (secondary N) is 2. The van der Waals surface area contributed by atoms with Gasteiger partial charge in [0, 0.05) is 5.69 Å². The van der Waals surface area contributed by atoms with Gasteiger partial charge in [-0.25, -0.2) is 4.79 Å². The number of hydrogen-bond donors (Lipinski definition) is 3. The Balaban J connectivity index is 1.87. The van der Waals surface area contributed by atoms with Crippen LogP contribution in [-0.4, -0.2) is 26.5 Å². The lowest BCUT2D eigenvalue weighted by Crippen LogP contribution is -2.05. The van der Waals surface area contributed by atoms with Crippen LogP contribution in [0.5, 0.6) is 0 Å². The zero-order valence-corrected chi connectivity index (χ0v) is 10.3. The molecule has 2 aromatic rings. The molecule has 0 radical (unpaired) electrons. The number of anilines is 2. The summed E-state index contributed by atoms with van der Waals surface area (Å²) in [6.45, 7) is 0. The lowest BCUT2D eigenvalue weighted by Gasteiger charge is -2.16. The summed E-state index contributed by atoms with van der Waals surface area (Å²) >= 11 is 0. The number of benzene rings is 1. The molecule has 19 heavy (non-hydrogen) atoms. The van der Waals surface area contributed by atoms with Gasteiger partial charge in [-0.2, -0.15) is 5.21 Å². The first-order chi connectivity index (χ1) is 9.24. The van der Waals surface area contributed by atoms with Crippen molar-refractivity contribution in [3.63, 3.8) is 0 Å². The minimum atomic E-state index is -1.10. The molecule has 1 aliphatic carbocycles. The molecule has 1 aliphatic rings. The van der Waals surface area contributed by atoms with E-state index in [0.717, 1.165) is 18.5 Å². The number of aromatic carboxylic acids is 1. The van der Waals surface area contributed by atoms with Crippen molar-refractivity contribution < 1.29 is 9.90 Å². The Bertz CT molecular complexity index is 621. The third kappa shape index (κ3) is 2.29. The fourth-order valence-electron chi connectivity index (χ4n) is 2.42. The Morgan fingerprint density at radius 1 is 1.21 bits per heavy atom. The number of aromatic nitrogens is 3. The van der Waals surface area contributed by atoms with Crippen molar-refractivity contribution >= 4 is 17.5 Å². The fourth-order valence-corrected chi connectivity index (χ4v) is 2.42. The number of aromatic amines is 1. The van der Waals surface area contributed by atoms with Crippen molar-refractivity contribution in [1.82, 2.24) is 15.4 Å². The molecule has 1 aromatic carbocycles. The van der Waals surface area contributed by atoms with E-state index in [4.69, 9.17) is 5.11 Å². The average molecular weight is 258 g/mol. The molecule has 0 atom stereocenters. The summed E-state index contributed by atoms with van der Waals surface area (Å²) in [7, 11) is 0. The Morgan fingerprint density at radius 3 is 2.79 bits per heavy atom. The topological polar surface area (TPSA) is 90.9 Å². The molecule has 0 spiro atoms. The lowest BCUT2D eigenvalue weighted by molar-refractivity contribution is 0.0691. The van der Waals surface area contributed by atoms with Crippen molar-refractivity contribution in [2.24, 2.45) is 0 Å². The maximum Gasteiger partial charge on any atom is 0.360 e. The second-order valence-corrected chi connectivity index (χ2v) is 4.64. The molecule has 3 rings (SSSR count). The van der Waals surface area contributed by atoms with E-state index in [1.54, 1.807) is 0 Å². The summed E-state index contributed by atoms with van der Waals surface area (Å²) in [5.74, 6) is -0.863. The van der Waals surface area contributed by atoms with Gasteiger partial charge in [0.15, 0.2) is 5.82 Å². The molecular weight excluding hydrogens is 244 g/mol. The maximum atomic E-state index is 10.9. The quantitative estimate of drug-likeness (QED) is 0.784. The first kappa shape index (κ1) is 11.7. The predicted octanol–water partition coefficient (Wildman–Crippen LogP) is 2.13. The van der Waals surface area contributed by atoms with Crippen molar-refractivity contribution in [3.8, 4) is 0 Å². The number of fused-ring (bicyclic) bond motifs is 1. The SMILES string of the molecule is O=C(O)c1n[nH]nc1Nc1ccc2c(c1)CCCC2. The van der Waals surface area contributed by atoms with Gasteiger partial charge in [0.25, 0.3) is 0 Å². The van der Waals surface area contributed by atoms with Gasteiger partial charge >= 0.3 is 5.97 Å². The number of carboxylic acid groups (broad SMARTS) is 1. The number of carboxylic acids is 1. The van der Waals surface area contributed by atoms with E-state index >= 15 is 0 Å². The number of H-pyrrole nitrogens is 1. The van der Waals surface area contributed by atoms with E-state index in [-0.39, 0.29) is 11.5 Å². The standard InChI is InChI=1S/C13H14N4O2/c18-13(19)11-12(16-17-15-11)14-10-6-5-8-3-1-2-4-9(8)7-10/h5-7H,1-4H2,(H,18,19)(H2,14,15,16,17). The molecule has 6 heteroatoms. The minimum Gasteiger partial charge on any atom is -0.476 e. The third-order valence-electron chi connectivity index (χ3n) is 3.36. The van der Waals surface area contributed by atoms with E-state index in [0.29, 0.717) is 0 Å². The molecule has 0 saturated carbocycles.